The monoisotopic (exact) mass is 352 g/mol. The van der Waals surface area contributed by atoms with Crippen LogP contribution in [0, 0.1) is 5.92 Å². The molecule has 0 amide bonds. The Morgan fingerprint density at radius 2 is 1.68 bits per heavy atom. The SMILES string of the molecule is CC1(C)OC[C@H]2C1=CC=C(c1ccccc1Cl)O[C@@H]2c1ccccc1. The molecule has 4 rings (SSSR count). The first-order chi connectivity index (χ1) is 12.1. The smallest absolute Gasteiger partial charge is 0.133 e. The van der Waals surface area contributed by atoms with Crippen LogP contribution in [0.25, 0.3) is 5.76 Å². The Morgan fingerprint density at radius 3 is 2.44 bits per heavy atom. The number of hydrogen-bond acceptors (Lipinski definition) is 2. The van der Waals surface area contributed by atoms with Crippen LogP contribution in [0.1, 0.15) is 31.1 Å². The highest BCUT2D eigenvalue weighted by molar-refractivity contribution is 6.32. The van der Waals surface area contributed by atoms with Crippen molar-refractivity contribution in [3.63, 3.8) is 0 Å². The maximum Gasteiger partial charge on any atom is 0.133 e. The number of allylic oxidation sites excluding steroid dienone is 2. The highest BCUT2D eigenvalue weighted by atomic mass is 35.5. The molecule has 0 radical (unpaired) electrons. The van der Waals surface area contributed by atoms with Crippen molar-refractivity contribution in [3.05, 3.63) is 88.5 Å². The predicted molar refractivity (Wildman–Crippen MR) is 101 cm³/mol. The fourth-order valence-electron chi connectivity index (χ4n) is 3.67. The minimum absolute atomic E-state index is 0.0979. The summed E-state index contributed by atoms with van der Waals surface area (Å²) in [7, 11) is 0. The Hall–Kier alpha value is -2.03. The van der Waals surface area contributed by atoms with E-state index in [1.807, 2.05) is 48.5 Å². The Morgan fingerprint density at radius 1 is 0.960 bits per heavy atom. The summed E-state index contributed by atoms with van der Waals surface area (Å²) in [6.45, 7) is 4.90. The zero-order chi connectivity index (χ0) is 17.4. The van der Waals surface area contributed by atoms with E-state index in [1.165, 1.54) is 5.57 Å². The fraction of sp³-hybridized carbons (Fsp3) is 0.273. The summed E-state index contributed by atoms with van der Waals surface area (Å²) in [6.07, 6.45) is 4.08. The van der Waals surface area contributed by atoms with Crippen LogP contribution in [0.3, 0.4) is 0 Å². The van der Waals surface area contributed by atoms with Crippen molar-refractivity contribution in [3.8, 4) is 0 Å². The molecule has 2 heterocycles. The van der Waals surface area contributed by atoms with Crippen LogP contribution in [0.4, 0.5) is 0 Å². The standard InChI is InChI=1S/C22H21ClO2/c1-22(2)18-12-13-20(16-10-6-7-11-19(16)23)25-21(17(18)14-24-22)15-8-4-3-5-9-15/h3-13,17,21H,14H2,1-2H3/t17-,21+/m0/s1. The molecule has 0 saturated carbocycles. The Labute approximate surface area is 153 Å². The Bertz CT molecular complexity index is 836. The Balaban J connectivity index is 1.82. The highest BCUT2D eigenvalue weighted by Gasteiger charge is 2.44. The maximum atomic E-state index is 6.52. The first kappa shape index (κ1) is 16.4. The average Bonchev–Trinajstić information content (AvgIpc) is 2.80. The van der Waals surface area contributed by atoms with Gasteiger partial charge in [-0.25, -0.2) is 0 Å². The first-order valence-electron chi connectivity index (χ1n) is 8.59. The quantitative estimate of drug-likeness (QED) is 0.679. The summed E-state index contributed by atoms with van der Waals surface area (Å²) in [5.41, 5.74) is 3.05. The number of benzene rings is 2. The van der Waals surface area contributed by atoms with E-state index in [-0.39, 0.29) is 17.6 Å². The molecular formula is C22H21ClO2. The molecule has 25 heavy (non-hydrogen) atoms. The lowest BCUT2D eigenvalue weighted by atomic mass is 9.84. The van der Waals surface area contributed by atoms with Gasteiger partial charge in [-0.2, -0.15) is 0 Å². The second kappa shape index (κ2) is 6.36. The van der Waals surface area contributed by atoms with E-state index in [2.05, 4.69) is 32.1 Å². The van der Waals surface area contributed by atoms with Crippen LogP contribution in [-0.4, -0.2) is 12.2 Å². The molecule has 1 saturated heterocycles. The molecule has 0 aromatic heterocycles. The van der Waals surface area contributed by atoms with Gasteiger partial charge in [0.1, 0.15) is 11.9 Å². The van der Waals surface area contributed by atoms with Gasteiger partial charge in [0.15, 0.2) is 0 Å². The van der Waals surface area contributed by atoms with Crippen molar-refractivity contribution in [2.45, 2.75) is 25.6 Å². The van der Waals surface area contributed by atoms with Gasteiger partial charge in [0.25, 0.3) is 0 Å². The van der Waals surface area contributed by atoms with E-state index >= 15 is 0 Å². The van der Waals surface area contributed by atoms with Gasteiger partial charge in [0.2, 0.25) is 0 Å². The lowest BCUT2D eigenvalue weighted by Gasteiger charge is -2.27. The average molecular weight is 353 g/mol. The van der Waals surface area contributed by atoms with Crippen LogP contribution in [0.15, 0.2) is 72.3 Å². The van der Waals surface area contributed by atoms with Gasteiger partial charge < -0.3 is 9.47 Å². The number of halogens is 1. The van der Waals surface area contributed by atoms with Crippen LogP contribution >= 0.6 is 11.6 Å². The van der Waals surface area contributed by atoms with Crippen molar-refractivity contribution in [2.24, 2.45) is 5.92 Å². The maximum absolute atomic E-state index is 6.52. The molecule has 128 valence electrons. The minimum atomic E-state index is -0.284. The van der Waals surface area contributed by atoms with Crippen LogP contribution < -0.4 is 0 Å². The van der Waals surface area contributed by atoms with Crippen LogP contribution in [0.2, 0.25) is 5.02 Å². The molecule has 2 aliphatic heterocycles. The molecule has 0 bridgehead atoms. The van der Waals surface area contributed by atoms with Gasteiger partial charge in [0, 0.05) is 11.5 Å². The first-order valence-corrected chi connectivity index (χ1v) is 8.97. The van der Waals surface area contributed by atoms with E-state index in [4.69, 9.17) is 21.1 Å². The molecule has 2 aliphatic rings. The Kier molecular flexibility index (Phi) is 4.18. The zero-order valence-electron chi connectivity index (χ0n) is 14.4. The van der Waals surface area contributed by atoms with Gasteiger partial charge >= 0.3 is 0 Å². The van der Waals surface area contributed by atoms with E-state index in [0.29, 0.717) is 11.6 Å². The second-order valence-corrected chi connectivity index (χ2v) is 7.42. The second-order valence-electron chi connectivity index (χ2n) is 7.01. The molecular weight excluding hydrogens is 332 g/mol. The third-order valence-corrected chi connectivity index (χ3v) is 5.35. The molecule has 0 unspecified atom stereocenters. The van der Waals surface area contributed by atoms with Gasteiger partial charge in [0.05, 0.1) is 17.2 Å². The van der Waals surface area contributed by atoms with Crippen LogP contribution in [-0.2, 0) is 9.47 Å². The van der Waals surface area contributed by atoms with Crippen LogP contribution in [0.5, 0.6) is 0 Å². The molecule has 2 atom stereocenters. The molecule has 0 N–H and O–H groups in total. The lowest BCUT2D eigenvalue weighted by Crippen LogP contribution is -2.22. The minimum Gasteiger partial charge on any atom is -0.484 e. The van der Waals surface area contributed by atoms with Crippen molar-refractivity contribution in [1.29, 1.82) is 0 Å². The van der Waals surface area contributed by atoms with E-state index in [0.717, 1.165) is 16.9 Å². The number of rotatable bonds is 2. The summed E-state index contributed by atoms with van der Waals surface area (Å²) >= 11 is 6.42. The fourth-order valence-corrected chi connectivity index (χ4v) is 3.90. The van der Waals surface area contributed by atoms with Gasteiger partial charge in [-0.1, -0.05) is 60.1 Å². The molecule has 0 aliphatic carbocycles. The van der Waals surface area contributed by atoms with Crippen molar-refractivity contribution in [1.82, 2.24) is 0 Å². The summed E-state index contributed by atoms with van der Waals surface area (Å²) in [4.78, 5) is 0. The molecule has 2 aromatic carbocycles. The highest BCUT2D eigenvalue weighted by Crippen LogP contribution is 2.47. The van der Waals surface area contributed by atoms with Crippen molar-refractivity contribution in [2.75, 3.05) is 6.61 Å². The molecule has 2 nitrogen and oxygen atoms in total. The molecule has 1 fully saturated rings. The normalized spacial score (nSPS) is 24.6. The predicted octanol–water partition coefficient (Wildman–Crippen LogP) is 5.80. The van der Waals surface area contributed by atoms with Crippen molar-refractivity contribution < 1.29 is 9.47 Å². The largest absolute Gasteiger partial charge is 0.484 e. The number of ether oxygens (including phenoxy) is 2. The summed E-state index contributed by atoms with van der Waals surface area (Å²) in [5.74, 6) is 0.991. The van der Waals surface area contributed by atoms with Gasteiger partial charge in [-0.3, -0.25) is 0 Å². The van der Waals surface area contributed by atoms with E-state index in [1.54, 1.807) is 0 Å². The van der Waals surface area contributed by atoms with Gasteiger partial charge in [-0.05, 0) is 43.2 Å². The summed E-state index contributed by atoms with van der Waals surface area (Å²) in [6, 6.07) is 18.2. The third-order valence-electron chi connectivity index (χ3n) is 5.02. The summed E-state index contributed by atoms with van der Waals surface area (Å²) in [5, 5.41) is 0.696. The molecule has 2 aromatic rings. The molecule has 3 heteroatoms. The zero-order valence-corrected chi connectivity index (χ0v) is 15.2. The number of hydrogen-bond donors (Lipinski definition) is 0. The summed E-state index contributed by atoms with van der Waals surface area (Å²) < 4.78 is 12.6. The lowest BCUT2D eigenvalue weighted by molar-refractivity contribution is 0.0354. The van der Waals surface area contributed by atoms with E-state index < -0.39 is 0 Å². The van der Waals surface area contributed by atoms with E-state index in [9.17, 15) is 0 Å². The molecule has 0 spiro atoms. The van der Waals surface area contributed by atoms with Gasteiger partial charge in [-0.15, -0.1) is 0 Å². The van der Waals surface area contributed by atoms with Crippen molar-refractivity contribution >= 4 is 17.4 Å². The topological polar surface area (TPSA) is 18.5 Å². The third kappa shape index (κ3) is 3.01. The number of fused-ring (bicyclic) bond motifs is 1.